The first-order valence-corrected chi connectivity index (χ1v) is 6.92. The molecule has 5 heteroatoms. The third-order valence-electron chi connectivity index (χ3n) is 2.80. The van der Waals surface area contributed by atoms with E-state index in [2.05, 4.69) is 0 Å². The Kier molecular flexibility index (Phi) is 6.28. The zero-order valence-electron chi connectivity index (χ0n) is 12.2. The fourth-order valence-corrected chi connectivity index (χ4v) is 2.01. The monoisotopic (exact) mass is 272 g/mol. The van der Waals surface area contributed by atoms with Gasteiger partial charge in [0.1, 0.15) is 0 Å². The van der Waals surface area contributed by atoms with Gasteiger partial charge in [0, 0.05) is 6.61 Å². The van der Waals surface area contributed by atoms with Gasteiger partial charge in [0.25, 0.3) is 0 Å². The molecule has 0 aromatic heterocycles. The summed E-state index contributed by atoms with van der Waals surface area (Å²) in [6.45, 7) is 7.73. The third-order valence-corrected chi connectivity index (χ3v) is 2.80. The first-order valence-electron chi connectivity index (χ1n) is 6.92. The molecule has 0 saturated carbocycles. The lowest BCUT2D eigenvalue weighted by molar-refractivity contribution is -0.168. The summed E-state index contributed by atoms with van der Waals surface area (Å²) in [5, 5.41) is 0. The highest BCUT2D eigenvalue weighted by Crippen LogP contribution is 2.22. The summed E-state index contributed by atoms with van der Waals surface area (Å²) in [5.41, 5.74) is 0. The van der Waals surface area contributed by atoms with Crippen molar-refractivity contribution in [3.63, 3.8) is 0 Å². The lowest BCUT2D eigenvalue weighted by atomic mass is 10.00. The summed E-state index contributed by atoms with van der Waals surface area (Å²) in [7, 11) is 0. The Labute approximate surface area is 114 Å². The summed E-state index contributed by atoms with van der Waals surface area (Å²) >= 11 is 0. The summed E-state index contributed by atoms with van der Waals surface area (Å²) in [6, 6.07) is 0. The van der Waals surface area contributed by atoms with Gasteiger partial charge in [0.05, 0.1) is 18.3 Å². The van der Waals surface area contributed by atoms with Crippen molar-refractivity contribution in [2.45, 2.75) is 65.3 Å². The summed E-state index contributed by atoms with van der Waals surface area (Å²) < 4.78 is 15.7. The second-order valence-corrected chi connectivity index (χ2v) is 5.39. The van der Waals surface area contributed by atoms with E-state index in [1.165, 1.54) is 0 Å². The minimum Gasteiger partial charge on any atom is -0.462 e. The van der Waals surface area contributed by atoms with Crippen LogP contribution >= 0.6 is 0 Å². The van der Waals surface area contributed by atoms with E-state index >= 15 is 0 Å². The second-order valence-electron chi connectivity index (χ2n) is 5.39. The van der Waals surface area contributed by atoms with Gasteiger partial charge in [-0.15, -0.1) is 0 Å². The van der Waals surface area contributed by atoms with Gasteiger partial charge in [-0.3, -0.25) is 9.59 Å². The molecule has 1 unspecified atom stereocenters. The molecule has 0 amide bonds. The number of ether oxygens (including phenoxy) is 3. The minimum atomic E-state index is -0.882. The van der Waals surface area contributed by atoms with Crippen LogP contribution < -0.4 is 0 Å². The zero-order chi connectivity index (χ0) is 14.4. The maximum Gasteiger partial charge on any atom is 0.320 e. The average molecular weight is 272 g/mol. The first kappa shape index (κ1) is 16.0. The van der Waals surface area contributed by atoms with Crippen LogP contribution in [0.4, 0.5) is 0 Å². The van der Waals surface area contributed by atoms with Gasteiger partial charge in [-0.25, -0.2) is 0 Å². The van der Waals surface area contributed by atoms with E-state index in [0.29, 0.717) is 13.0 Å². The van der Waals surface area contributed by atoms with Gasteiger partial charge in [-0.05, 0) is 47.0 Å². The Morgan fingerprint density at radius 2 is 1.63 bits per heavy atom. The third kappa shape index (κ3) is 5.59. The van der Waals surface area contributed by atoms with E-state index in [1.807, 2.05) is 0 Å². The van der Waals surface area contributed by atoms with Crippen LogP contribution in [-0.4, -0.2) is 36.9 Å². The molecule has 1 atom stereocenters. The molecule has 0 aliphatic carbocycles. The van der Waals surface area contributed by atoms with Gasteiger partial charge >= 0.3 is 11.9 Å². The van der Waals surface area contributed by atoms with E-state index in [1.54, 1.807) is 27.7 Å². The van der Waals surface area contributed by atoms with Crippen molar-refractivity contribution in [1.82, 2.24) is 0 Å². The highest BCUT2D eigenvalue weighted by Gasteiger charge is 2.34. The molecule has 0 aromatic rings. The van der Waals surface area contributed by atoms with Crippen molar-refractivity contribution in [3.05, 3.63) is 0 Å². The maximum atomic E-state index is 12.0. The Hall–Kier alpha value is -1.10. The van der Waals surface area contributed by atoms with Gasteiger partial charge in [0.2, 0.25) is 0 Å². The van der Waals surface area contributed by atoms with Crippen LogP contribution in [0.3, 0.4) is 0 Å². The molecule has 1 saturated heterocycles. The van der Waals surface area contributed by atoms with Crippen LogP contribution in [0, 0.1) is 5.92 Å². The molecule has 1 fully saturated rings. The highest BCUT2D eigenvalue weighted by molar-refractivity contribution is 5.95. The van der Waals surface area contributed by atoms with Crippen molar-refractivity contribution >= 4 is 11.9 Å². The number of hydrogen-bond acceptors (Lipinski definition) is 5. The zero-order valence-corrected chi connectivity index (χ0v) is 12.2. The molecule has 1 aliphatic heterocycles. The van der Waals surface area contributed by atoms with Crippen LogP contribution in [0.15, 0.2) is 0 Å². The van der Waals surface area contributed by atoms with Crippen LogP contribution in [0.25, 0.3) is 0 Å². The standard InChI is InChI=1S/C14H24O5/c1-9(2)18-13(15)12(14(16)19-10(3)4)8-11-6-5-7-17-11/h9-12H,5-8H2,1-4H3. The molecule has 0 bridgehead atoms. The van der Waals surface area contributed by atoms with Crippen molar-refractivity contribution < 1.29 is 23.8 Å². The van der Waals surface area contributed by atoms with Crippen LogP contribution in [0.5, 0.6) is 0 Å². The number of rotatable bonds is 6. The Bertz CT molecular complexity index is 283. The number of esters is 2. The predicted octanol–water partition coefficient (Wildman–Crippen LogP) is 2.07. The summed E-state index contributed by atoms with van der Waals surface area (Å²) in [4.78, 5) is 24.0. The fourth-order valence-electron chi connectivity index (χ4n) is 2.01. The number of hydrogen-bond donors (Lipinski definition) is 0. The number of carbonyl (C=O) groups excluding carboxylic acids is 2. The molecule has 19 heavy (non-hydrogen) atoms. The molecule has 5 nitrogen and oxygen atoms in total. The average Bonchev–Trinajstić information content (AvgIpc) is 2.76. The topological polar surface area (TPSA) is 61.8 Å². The number of carbonyl (C=O) groups is 2. The Balaban J connectivity index is 2.65. The SMILES string of the molecule is CC(C)OC(=O)C(CC1CCCO1)C(=O)OC(C)C. The van der Waals surface area contributed by atoms with E-state index in [0.717, 1.165) is 12.8 Å². The molecule has 1 aliphatic rings. The van der Waals surface area contributed by atoms with E-state index in [9.17, 15) is 9.59 Å². The minimum absolute atomic E-state index is 0.0515. The predicted molar refractivity (Wildman–Crippen MR) is 69.5 cm³/mol. The smallest absolute Gasteiger partial charge is 0.320 e. The largest absolute Gasteiger partial charge is 0.462 e. The van der Waals surface area contributed by atoms with Crippen LogP contribution in [0.1, 0.15) is 47.0 Å². The normalized spacial score (nSPS) is 19.2. The van der Waals surface area contributed by atoms with Gasteiger partial charge < -0.3 is 14.2 Å². The Morgan fingerprint density at radius 1 is 1.11 bits per heavy atom. The van der Waals surface area contributed by atoms with Gasteiger partial charge in [-0.1, -0.05) is 0 Å². The molecular formula is C14H24O5. The molecule has 0 N–H and O–H groups in total. The van der Waals surface area contributed by atoms with Gasteiger partial charge in [0.15, 0.2) is 5.92 Å². The first-order chi connectivity index (χ1) is 8.90. The lowest BCUT2D eigenvalue weighted by Gasteiger charge is -2.20. The van der Waals surface area contributed by atoms with Crippen LogP contribution in [0.2, 0.25) is 0 Å². The fraction of sp³-hybridized carbons (Fsp3) is 0.857. The van der Waals surface area contributed by atoms with E-state index in [-0.39, 0.29) is 18.3 Å². The summed E-state index contributed by atoms with van der Waals surface area (Å²) in [6.07, 6.45) is 1.65. The quantitative estimate of drug-likeness (QED) is 0.547. The Morgan fingerprint density at radius 3 is 2.00 bits per heavy atom. The molecule has 0 spiro atoms. The van der Waals surface area contributed by atoms with Gasteiger partial charge in [-0.2, -0.15) is 0 Å². The molecular weight excluding hydrogens is 248 g/mol. The van der Waals surface area contributed by atoms with Crippen LogP contribution in [-0.2, 0) is 23.8 Å². The summed E-state index contributed by atoms with van der Waals surface area (Å²) in [5.74, 6) is -1.92. The lowest BCUT2D eigenvalue weighted by Crippen LogP contribution is -2.33. The van der Waals surface area contributed by atoms with E-state index < -0.39 is 17.9 Å². The highest BCUT2D eigenvalue weighted by atomic mass is 16.6. The van der Waals surface area contributed by atoms with Crippen molar-refractivity contribution in [2.24, 2.45) is 5.92 Å². The molecule has 110 valence electrons. The molecule has 1 heterocycles. The second kappa shape index (κ2) is 7.48. The van der Waals surface area contributed by atoms with E-state index in [4.69, 9.17) is 14.2 Å². The van der Waals surface area contributed by atoms with Crippen molar-refractivity contribution in [1.29, 1.82) is 0 Å². The molecule has 0 radical (unpaired) electrons. The molecule has 0 aromatic carbocycles. The van der Waals surface area contributed by atoms with Crippen molar-refractivity contribution in [2.75, 3.05) is 6.61 Å². The molecule has 1 rings (SSSR count). The maximum absolute atomic E-state index is 12.0. The van der Waals surface area contributed by atoms with Crippen molar-refractivity contribution in [3.8, 4) is 0 Å².